The SMILES string of the molecule is CC(C)(CCN)CCCNCc1ccoc1. The Morgan fingerprint density at radius 3 is 2.81 bits per heavy atom. The minimum absolute atomic E-state index is 0.381. The summed E-state index contributed by atoms with van der Waals surface area (Å²) in [5, 5.41) is 3.41. The molecular formula is C13H24N2O. The Morgan fingerprint density at radius 2 is 2.19 bits per heavy atom. The van der Waals surface area contributed by atoms with Gasteiger partial charge < -0.3 is 15.5 Å². The monoisotopic (exact) mass is 224 g/mol. The van der Waals surface area contributed by atoms with E-state index < -0.39 is 0 Å². The van der Waals surface area contributed by atoms with E-state index in [4.69, 9.17) is 10.2 Å². The van der Waals surface area contributed by atoms with Crippen molar-refractivity contribution < 1.29 is 4.42 Å². The second-order valence-electron chi connectivity index (χ2n) is 5.11. The van der Waals surface area contributed by atoms with Crippen molar-refractivity contribution in [2.45, 2.75) is 39.7 Å². The molecule has 0 fully saturated rings. The Labute approximate surface area is 98.4 Å². The first-order valence-electron chi connectivity index (χ1n) is 6.06. The van der Waals surface area contributed by atoms with Crippen molar-refractivity contribution in [3.05, 3.63) is 24.2 Å². The van der Waals surface area contributed by atoms with Crippen LogP contribution in [0.25, 0.3) is 0 Å². The van der Waals surface area contributed by atoms with Crippen molar-refractivity contribution >= 4 is 0 Å². The third kappa shape index (κ3) is 5.33. The molecule has 0 aliphatic rings. The lowest BCUT2D eigenvalue weighted by molar-refractivity contribution is 0.302. The van der Waals surface area contributed by atoms with Gasteiger partial charge in [0, 0.05) is 12.1 Å². The highest BCUT2D eigenvalue weighted by atomic mass is 16.3. The Bertz CT molecular complexity index is 267. The molecule has 0 atom stereocenters. The Hall–Kier alpha value is -0.800. The fraction of sp³-hybridized carbons (Fsp3) is 0.692. The fourth-order valence-electron chi connectivity index (χ4n) is 1.83. The third-order valence-electron chi connectivity index (χ3n) is 2.94. The summed E-state index contributed by atoms with van der Waals surface area (Å²) in [5.41, 5.74) is 7.17. The first-order valence-corrected chi connectivity index (χ1v) is 6.06. The van der Waals surface area contributed by atoms with Gasteiger partial charge in [0.25, 0.3) is 0 Å². The molecule has 0 amide bonds. The molecule has 1 aromatic heterocycles. The van der Waals surface area contributed by atoms with Crippen LogP contribution in [-0.4, -0.2) is 13.1 Å². The lowest BCUT2D eigenvalue weighted by Gasteiger charge is -2.23. The van der Waals surface area contributed by atoms with Gasteiger partial charge in [0.2, 0.25) is 0 Å². The summed E-state index contributed by atoms with van der Waals surface area (Å²) >= 11 is 0. The molecule has 92 valence electrons. The number of furan rings is 1. The zero-order valence-corrected chi connectivity index (χ0v) is 10.5. The minimum atomic E-state index is 0.381. The van der Waals surface area contributed by atoms with Crippen molar-refractivity contribution in [1.82, 2.24) is 5.32 Å². The van der Waals surface area contributed by atoms with Crippen LogP contribution in [-0.2, 0) is 6.54 Å². The molecule has 1 heterocycles. The largest absolute Gasteiger partial charge is 0.472 e. The average Bonchev–Trinajstić information content (AvgIpc) is 2.69. The van der Waals surface area contributed by atoms with Crippen LogP contribution in [0, 0.1) is 5.41 Å². The van der Waals surface area contributed by atoms with Gasteiger partial charge >= 0.3 is 0 Å². The highest BCUT2D eigenvalue weighted by molar-refractivity contribution is 5.04. The summed E-state index contributed by atoms with van der Waals surface area (Å²) in [5.74, 6) is 0. The van der Waals surface area contributed by atoms with Crippen LogP contribution in [0.5, 0.6) is 0 Å². The molecule has 0 saturated carbocycles. The highest BCUT2D eigenvalue weighted by Gasteiger charge is 2.15. The second kappa shape index (κ2) is 6.71. The lowest BCUT2D eigenvalue weighted by Crippen LogP contribution is -2.20. The molecule has 3 heteroatoms. The molecule has 16 heavy (non-hydrogen) atoms. The van der Waals surface area contributed by atoms with Gasteiger partial charge in [0.05, 0.1) is 12.5 Å². The van der Waals surface area contributed by atoms with E-state index in [-0.39, 0.29) is 0 Å². The summed E-state index contributed by atoms with van der Waals surface area (Å²) in [6.07, 6.45) is 7.02. The number of hydrogen-bond donors (Lipinski definition) is 2. The Balaban J connectivity index is 2.03. The van der Waals surface area contributed by atoms with Crippen LogP contribution in [0.4, 0.5) is 0 Å². The van der Waals surface area contributed by atoms with Gasteiger partial charge in [-0.05, 0) is 43.8 Å². The first kappa shape index (κ1) is 13.3. The smallest absolute Gasteiger partial charge is 0.0947 e. The van der Waals surface area contributed by atoms with Crippen LogP contribution < -0.4 is 11.1 Å². The van der Waals surface area contributed by atoms with E-state index in [0.717, 1.165) is 26.1 Å². The van der Waals surface area contributed by atoms with Crippen LogP contribution in [0.1, 0.15) is 38.7 Å². The van der Waals surface area contributed by atoms with Crippen LogP contribution in [0.15, 0.2) is 23.0 Å². The maximum absolute atomic E-state index is 5.58. The second-order valence-corrected chi connectivity index (χ2v) is 5.11. The van der Waals surface area contributed by atoms with E-state index in [1.165, 1.54) is 18.4 Å². The van der Waals surface area contributed by atoms with E-state index >= 15 is 0 Å². The zero-order valence-electron chi connectivity index (χ0n) is 10.5. The predicted molar refractivity (Wildman–Crippen MR) is 67.1 cm³/mol. The number of rotatable bonds is 8. The summed E-state index contributed by atoms with van der Waals surface area (Å²) in [6, 6.07) is 1.99. The van der Waals surface area contributed by atoms with Crippen molar-refractivity contribution in [2.75, 3.05) is 13.1 Å². The van der Waals surface area contributed by atoms with Gasteiger partial charge in [0.15, 0.2) is 0 Å². The summed E-state index contributed by atoms with van der Waals surface area (Å²) < 4.78 is 5.00. The summed E-state index contributed by atoms with van der Waals surface area (Å²) in [4.78, 5) is 0. The third-order valence-corrected chi connectivity index (χ3v) is 2.94. The Kier molecular flexibility index (Phi) is 5.56. The van der Waals surface area contributed by atoms with Gasteiger partial charge in [-0.25, -0.2) is 0 Å². The zero-order chi connectivity index (χ0) is 11.9. The van der Waals surface area contributed by atoms with Gasteiger partial charge in [-0.3, -0.25) is 0 Å². The molecule has 0 aliphatic heterocycles. The topological polar surface area (TPSA) is 51.2 Å². The molecule has 3 N–H and O–H groups in total. The minimum Gasteiger partial charge on any atom is -0.472 e. The van der Waals surface area contributed by atoms with Gasteiger partial charge in [-0.2, -0.15) is 0 Å². The van der Waals surface area contributed by atoms with E-state index in [1.54, 1.807) is 12.5 Å². The summed E-state index contributed by atoms with van der Waals surface area (Å²) in [6.45, 7) is 7.31. The van der Waals surface area contributed by atoms with Crippen molar-refractivity contribution in [3.8, 4) is 0 Å². The number of hydrogen-bond acceptors (Lipinski definition) is 3. The molecule has 0 unspecified atom stereocenters. The van der Waals surface area contributed by atoms with E-state index in [1.807, 2.05) is 6.07 Å². The molecule has 0 aliphatic carbocycles. The predicted octanol–water partition coefficient (Wildman–Crippen LogP) is 2.52. The van der Waals surface area contributed by atoms with Crippen LogP contribution in [0.3, 0.4) is 0 Å². The molecule has 3 nitrogen and oxygen atoms in total. The number of nitrogens with two attached hydrogens (primary N) is 1. The summed E-state index contributed by atoms with van der Waals surface area (Å²) in [7, 11) is 0. The van der Waals surface area contributed by atoms with E-state index in [9.17, 15) is 0 Å². The average molecular weight is 224 g/mol. The van der Waals surface area contributed by atoms with E-state index in [2.05, 4.69) is 19.2 Å². The highest BCUT2D eigenvalue weighted by Crippen LogP contribution is 2.25. The molecule has 1 aromatic rings. The quantitative estimate of drug-likeness (QED) is 0.667. The van der Waals surface area contributed by atoms with Crippen molar-refractivity contribution in [3.63, 3.8) is 0 Å². The van der Waals surface area contributed by atoms with E-state index in [0.29, 0.717) is 5.41 Å². The molecule has 0 bridgehead atoms. The molecule has 0 saturated heterocycles. The lowest BCUT2D eigenvalue weighted by atomic mass is 9.84. The first-order chi connectivity index (χ1) is 7.64. The fourth-order valence-corrected chi connectivity index (χ4v) is 1.83. The Morgan fingerprint density at radius 1 is 1.38 bits per heavy atom. The number of nitrogens with one attached hydrogen (secondary N) is 1. The van der Waals surface area contributed by atoms with Gasteiger partial charge in [0.1, 0.15) is 0 Å². The molecule has 0 radical (unpaired) electrons. The van der Waals surface area contributed by atoms with Crippen molar-refractivity contribution in [2.24, 2.45) is 11.1 Å². The van der Waals surface area contributed by atoms with Gasteiger partial charge in [-0.1, -0.05) is 13.8 Å². The molecular weight excluding hydrogens is 200 g/mol. The molecule has 0 spiro atoms. The standard InChI is InChI=1S/C13H24N2O/c1-13(2,6-7-14)5-3-8-15-10-12-4-9-16-11-12/h4,9,11,15H,3,5-8,10,14H2,1-2H3. The maximum Gasteiger partial charge on any atom is 0.0947 e. The normalized spacial score (nSPS) is 11.9. The maximum atomic E-state index is 5.58. The van der Waals surface area contributed by atoms with Crippen LogP contribution >= 0.6 is 0 Å². The molecule has 1 rings (SSSR count). The van der Waals surface area contributed by atoms with Crippen LogP contribution in [0.2, 0.25) is 0 Å². The van der Waals surface area contributed by atoms with Crippen molar-refractivity contribution in [1.29, 1.82) is 0 Å². The van der Waals surface area contributed by atoms with Gasteiger partial charge in [-0.15, -0.1) is 0 Å². The molecule has 0 aromatic carbocycles.